The van der Waals surface area contributed by atoms with Crippen molar-refractivity contribution in [3.05, 3.63) is 35.4 Å². The van der Waals surface area contributed by atoms with Crippen molar-refractivity contribution in [1.29, 1.82) is 0 Å². The van der Waals surface area contributed by atoms with E-state index in [1.807, 2.05) is 19.2 Å². The van der Waals surface area contributed by atoms with Crippen molar-refractivity contribution in [3.63, 3.8) is 0 Å². The van der Waals surface area contributed by atoms with Gasteiger partial charge in [0.1, 0.15) is 0 Å². The summed E-state index contributed by atoms with van der Waals surface area (Å²) in [5, 5.41) is 23.9. The van der Waals surface area contributed by atoms with E-state index in [0.717, 1.165) is 24.0 Å². The first-order valence-corrected chi connectivity index (χ1v) is 10.8. The molecule has 5 N–H and O–H groups in total. The minimum Gasteiger partial charge on any atom is -0.386 e. The number of rotatable bonds is 4. The molecular formula is C22H33N5O3. The van der Waals surface area contributed by atoms with Crippen molar-refractivity contribution < 1.29 is 14.7 Å². The maximum Gasteiger partial charge on any atom is 0.230 e. The molecule has 3 heterocycles. The summed E-state index contributed by atoms with van der Waals surface area (Å²) >= 11 is 0. The zero-order valence-electron chi connectivity index (χ0n) is 17.9. The quantitative estimate of drug-likeness (QED) is 0.479. The number of amides is 2. The number of piperidine rings is 2. The zero-order chi connectivity index (χ0) is 21.5. The van der Waals surface area contributed by atoms with Gasteiger partial charge in [-0.2, -0.15) is 0 Å². The van der Waals surface area contributed by atoms with E-state index in [1.54, 1.807) is 18.7 Å². The number of nitrogens with zero attached hydrogens (tertiary/aromatic N) is 1. The van der Waals surface area contributed by atoms with Crippen molar-refractivity contribution >= 4 is 11.8 Å². The topological polar surface area (TPSA) is 106 Å². The molecule has 5 unspecified atom stereocenters. The second kappa shape index (κ2) is 8.26. The smallest absolute Gasteiger partial charge is 0.230 e. The lowest BCUT2D eigenvalue weighted by molar-refractivity contribution is -0.143. The summed E-state index contributed by atoms with van der Waals surface area (Å²) in [6.45, 7) is 4.69. The molecule has 0 radical (unpaired) electrons. The van der Waals surface area contributed by atoms with Crippen LogP contribution in [0.1, 0.15) is 50.3 Å². The Morgan fingerprint density at radius 1 is 1.20 bits per heavy atom. The van der Waals surface area contributed by atoms with Crippen molar-refractivity contribution in [2.75, 3.05) is 20.3 Å². The number of hydrogen-bond acceptors (Lipinski definition) is 6. The molecule has 0 bridgehead atoms. The highest BCUT2D eigenvalue weighted by Gasteiger charge is 2.46. The predicted octanol–water partition coefficient (Wildman–Crippen LogP) is 0.147. The highest BCUT2D eigenvalue weighted by Crippen LogP contribution is 2.33. The van der Waals surface area contributed by atoms with Crippen LogP contribution in [0.15, 0.2) is 24.3 Å². The molecule has 0 spiro atoms. The third-order valence-corrected chi connectivity index (χ3v) is 6.62. The average Bonchev–Trinajstić information content (AvgIpc) is 2.71. The monoisotopic (exact) mass is 415 g/mol. The van der Waals surface area contributed by atoms with Crippen LogP contribution in [0.25, 0.3) is 0 Å². The number of fused-ring (bicyclic) bond motifs is 1. The van der Waals surface area contributed by atoms with Gasteiger partial charge < -0.3 is 15.3 Å². The van der Waals surface area contributed by atoms with Gasteiger partial charge in [0.15, 0.2) is 0 Å². The zero-order valence-corrected chi connectivity index (χ0v) is 17.9. The molecule has 2 amide bonds. The van der Waals surface area contributed by atoms with Crippen molar-refractivity contribution in [3.8, 4) is 0 Å². The fourth-order valence-electron chi connectivity index (χ4n) is 4.77. The number of carbonyl (C=O) groups is 2. The van der Waals surface area contributed by atoms with E-state index >= 15 is 0 Å². The molecule has 0 aliphatic carbocycles. The second-order valence-corrected chi connectivity index (χ2v) is 9.35. The van der Waals surface area contributed by atoms with Gasteiger partial charge in [0.25, 0.3) is 0 Å². The van der Waals surface area contributed by atoms with Crippen LogP contribution in [-0.2, 0) is 15.2 Å². The van der Waals surface area contributed by atoms with Crippen LogP contribution in [-0.4, -0.2) is 60.3 Å². The summed E-state index contributed by atoms with van der Waals surface area (Å²) in [5.41, 5.74) is 1.14. The Morgan fingerprint density at radius 3 is 2.57 bits per heavy atom. The molecule has 3 aliphatic rings. The Hall–Kier alpha value is -2.00. The maximum absolute atomic E-state index is 13.0. The van der Waals surface area contributed by atoms with Gasteiger partial charge >= 0.3 is 0 Å². The molecular weight excluding hydrogens is 382 g/mol. The highest BCUT2D eigenvalue weighted by molar-refractivity contribution is 5.81. The normalized spacial score (nSPS) is 32.5. The maximum atomic E-state index is 13.0. The second-order valence-electron chi connectivity index (χ2n) is 9.35. The van der Waals surface area contributed by atoms with Crippen LogP contribution in [0.4, 0.5) is 0 Å². The lowest BCUT2D eigenvalue weighted by Crippen LogP contribution is -2.70. The summed E-state index contributed by atoms with van der Waals surface area (Å²) in [4.78, 5) is 26.2. The van der Waals surface area contributed by atoms with E-state index in [2.05, 4.69) is 33.4 Å². The fraction of sp³-hybridized carbons (Fsp3) is 0.636. The van der Waals surface area contributed by atoms with Gasteiger partial charge in [-0.3, -0.25) is 25.5 Å². The Balaban J connectivity index is 1.54. The highest BCUT2D eigenvalue weighted by atomic mass is 16.3. The van der Waals surface area contributed by atoms with Crippen LogP contribution in [0, 0.1) is 5.92 Å². The average molecular weight is 416 g/mol. The van der Waals surface area contributed by atoms with Crippen LogP contribution in [0.3, 0.4) is 0 Å². The first-order chi connectivity index (χ1) is 14.2. The summed E-state index contributed by atoms with van der Waals surface area (Å²) in [6, 6.07) is 8.34. The summed E-state index contributed by atoms with van der Waals surface area (Å²) in [6.07, 6.45) is 1.90. The number of benzene rings is 1. The minimum absolute atomic E-state index is 0.0737. The molecule has 1 aromatic carbocycles. The molecule has 3 saturated heterocycles. The van der Waals surface area contributed by atoms with Crippen LogP contribution in [0.2, 0.25) is 0 Å². The molecule has 8 heteroatoms. The van der Waals surface area contributed by atoms with E-state index in [-0.39, 0.29) is 42.0 Å². The van der Waals surface area contributed by atoms with Crippen molar-refractivity contribution in [2.24, 2.45) is 5.92 Å². The van der Waals surface area contributed by atoms with Crippen LogP contribution >= 0.6 is 0 Å². The van der Waals surface area contributed by atoms with Gasteiger partial charge in [-0.1, -0.05) is 24.3 Å². The molecule has 1 aromatic rings. The molecule has 4 rings (SSSR count). The molecule has 3 fully saturated rings. The van der Waals surface area contributed by atoms with Crippen LogP contribution < -0.4 is 21.3 Å². The Labute approximate surface area is 177 Å². The SMILES string of the molecule is CN1CNC2CC(c3ccc(C(C)(C)O)cc3)NC(NC3CCC(=O)NC3)C2C1=O. The molecule has 0 aromatic heterocycles. The molecule has 0 saturated carbocycles. The number of nitrogens with one attached hydrogen (secondary N) is 4. The van der Waals surface area contributed by atoms with Crippen molar-refractivity contribution in [2.45, 2.75) is 63.0 Å². The molecule has 164 valence electrons. The van der Waals surface area contributed by atoms with Gasteiger partial charge in [-0.05, 0) is 37.8 Å². The number of hydrogen-bond donors (Lipinski definition) is 5. The van der Waals surface area contributed by atoms with E-state index in [4.69, 9.17) is 0 Å². The van der Waals surface area contributed by atoms with Gasteiger partial charge in [0.05, 0.1) is 24.4 Å². The number of aliphatic hydroxyl groups is 1. The van der Waals surface area contributed by atoms with E-state index in [1.165, 1.54) is 0 Å². The van der Waals surface area contributed by atoms with E-state index in [0.29, 0.717) is 19.6 Å². The lowest BCUT2D eigenvalue weighted by atomic mass is 9.81. The first kappa shape index (κ1) is 21.2. The largest absolute Gasteiger partial charge is 0.386 e. The van der Waals surface area contributed by atoms with Gasteiger partial charge in [0, 0.05) is 38.1 Å². The summed E-state index contributed by atoms with van der Waals surface area (Å²) in [7, 11) is 1.82. The fourth-order valence-corrected chi connectivity index (χ4v) is 4.77. The Kier molecular flexibility index (Phi) is 5.85. The minimum atomic E-state index is -0.874. The Bertz CT molecular complexity index is 781. The molecule has 3 aliphatic heterocycles. The predicted molar refractivity (Wildman–Crippen MR) is 113 cm³/mol. The van der Waals surface area contributed by atoms with Crippen molar-refractivity contribution in [1.82, 2.24) is 26.2 Å². The van der Waals surface area contributed by atoms with Gasteiger partial charge in [0.2, 0.25) is 11.8 Å². The third kappa shape index (κ3) is 4.37. The Morgan fingerprint density at radius 2 is 1.93 bits per heavy atom. The van der Waals surface area contributed by atoms with Gasteiger partial charge in [-0.15, -0.1) is 0 Å². The van der Waals surface area contributed by atoms with Crippen LogP contribution in [0.5, 0.6) is 0 Å². The third-order valence-electron chi connectivity index (χ3n) is 6.62. The van der Waals surface area contributed by atoms with E-state index < -0.39 is 5.60 Å². The lowest BCUT2D eigenvalue weighted by Gasteiger charge is -2.48. The summed E-state index contributed by atoms with van der Waals surface area (Å²) in [5.74, 6) is 0.0233. The molecule has 8 nitrogen and oxygen atoms in total. The molecule has 30 heavy (non-hydrogen) atoms. The van der Waals surface area contributed by atoms with Gasteiger partial charge in [-0.25, -0.2) is 0 Å². The first-order valence-electron chi connectivity index (χ1n) is 10.8. The van der Waals surface area contributed by atoms with E-state index in [9.17, 15) is 14.7 Å². The standard InChI is InChI=1S/C22H33N5O3/c1-22(2,30)14-6-4-13(5-7-14)16-10-17-19(21(29)27(3)12-24-17)20(26-16)25-15-8-9-18(28)23-11-15/h4-7,15-17,19-20,24-26,30H,8-12H2,1-3H3,(H,23,28). The summed E-state index contributed by atoms with van der Waals surface area (Å²) < 4.78 is 0. The number of carbonyl (C=O) groups excluding carboxylic acids is 2. The molecule has 5 atom stereocenters.